The van der Waals surface area contributed by atoms with E-state index in [4.69, 9.17) is 11.6 Å². The van der Waals surface area contributed by atoms with Crippen molar-refractivity contribution >= 4 is 33.4 Å². The molecule has 124 valence electrons. The second-order valence-corrected chi connectivity index (χ2v) is 6.03. The molecule has 9 heteroatoms. The Bertz CT molecular complexity index is 711. The van der Waals surface area contributed by atoms with E-state index in [0.29, 0.717) is 10.2 Å². The lowest BCUT2D eigenvalue weighted by Crippen LogP contribution is -2.26. The van der Waals surface area contributed by atoms with E-state index in [2.05, 4.69) is 26.3 Å². The number of nitrogens with one attached hydrogen (secondary N) is 1. The van der Waals surface area contributed by atoms with E-state index in [1.165, 1.54) is 12.1 Å². The first-order valence-electron chi connectivity index (χ1n) is 6.47. The topological polar surface area (TPSA) is 46.9 Å². The van der Waals surface area contributed by atoms with Crippen LogP contribution >= 0.6 is 27.5 Å². The molecule has 1 N–H and O–H groups in total. The fourth-order valence-corrected chi connectivity index (χ4v) is 2.77. The van der Waals surface area contributed by atoms with Gasteiger partial charge in [0.25, 0.3) is 0 Å². The van der Waals surface area contributed by atoms with E-state index < -0.39 is 16.8 Å². The van der Waals surface area contributed by atoms with Crippen molar-refractivity contribution in [3.05, 3.63) is 50.7 Å². The third kappa shape index (κ3) is 4.26. The second kappa shape index (κ2) is 6.92. The summed E-state index contributed by atoms with van der Waals surface area (Å²) in [6.45, 7) is -0.0863. The molecule has 2 aromatic rings. The third-order valence-electron chi connectivity index (χ3n) is 3.20. The van der Waals surface area contributed by atoms with Crippen molar-refractivity contribution in [2.75, 3.05) is 0 Å². The van der Waals surface area contributed by atoms with Gasteiger partial charge in [-0.1, -0.05) is 23.7 Å². The largest absolute Gasteiger partial charge is 0.417 e. The molecule has 1 heterocycles. The van der Waals surface area contributed by atoms with E-state index in [-0.39, 0.29) is 24.4 Å². The number of carbonyl (C=O) groups is 1. The number of amides is 1. The zero-order valence-corrected chi connectivity index (χ0v) is 14.3. The van der Waals surface area contributed by atoms with Crippen molar-refractivity contribution in [1.29, 1.82) is 0 Å². The lowest BCUT2D eigenvalue weighted by molar-refractivity contribution is -0.137. The molecule has 0 saturated carbocycles. The standard InChI is InChI=1S/C14H12BrClF3N3O/c1-22-11(10(15)7-21-22)5-12(23)20-6-8-3-2-4-9(13(8)16)14(17,18)19/h2-4,7H,5-6H2,1H3,(H,20,23). The number of hydrogen-bond acceptors (Lipinski definition) is 2. The van der Waals surface area contributed by atoms with Crippen LogP contribution in [0, 0.1) is 0 Å². The number of hydrogen-bond donors (Lipinski definition) is 1. The third-order valence-corrected chi connectivity index (χ3v) is 4.31. The average Bonchev–Trinajstić information content (AvgIpc) is 2.77. The van der Waals surface area contributed by atoms with Gasteiger partial charge < -0.3 is 5.32 Å². The van der Waals surface area contributed by atoms with Gasteiger partial charge in [-0.05, 0) is 27.6 Å². The molecule has 0 unspecified atom stereocenters. The van der Waals surface area contributed by atoms with Crippen LogP contribution in [0.25, 0.3) is 0 Å². The van der Waals surface area contributed by atoms with Gasteiger partial charge in [0.05, 0.1) is 33.4 Å². The van der Waals surface area contributed by atoms with Gasteiger partial charge in [0, 0.05) is 13.6 Å². The summed E-state index contributed by atoms with van der Waals surface area (Å²) >= 11 is 9.05. The summed E-state index contributed by atoms with van der Waals surface area (Å²) in [5.41, 5.74) is -0.0446. The monoisotopic (exact) mass is 409 g/mol. The Balaban J connectivity index is 2.05. The quantitative estimate of drug-likeness (QED) is 0.835. The van der Waals surface area contributed by atoms with Gasteiger partial charge in [-0.15, -0.1) is 0 Å². The predicted molar refractivity (Wildman–Crippen MR) is 82.9 cm³/mol. The van der Waals surface area contributed by atoms with Crippen LogP contribution in [-0.2, 0) is 31.0 Å². The summed E-state index contributed by atoms with van der Waals surface area (Å²) in [4.78, 5) is 11.9. The van der Waals surface area contributed by atoms with Crippen LogP contribution in [0.4, 0.5) is 13.2 Å². The molecule has 1 aromatic carbocycles. The zero-order valence-electron chi connectivity index (χ0n) is 11.9. The van der Waals surface area contributed by atoms with Crippen LogP contribution in [0.1, 0.15) is 16.8 Å². The summed E-state index contributed by atoms with van der Waals surface area (Å²) in [6, 6.07) is 3.60. The molecule has 0 fully saturated rings. The number of rotatable bonds is 4. The molecule has 1 amide bonds. The Morgan fingerprint density at radius 3 is 2.70 bits per heavy atom. The summed E-state index contributed by atoms with van der Waals surface area (Å²) in [7, 11) is 1.69. The van der Waals surface area contributed by atoms with Crippen molar-refractivity contribution in [1.82, 2.24) is 15.1 Å². The molecule has 0 aliphatic rings. The first-order chi connectivity index (χ1) is 10.7. The van der Waals surface area contributed by atoms with Crippen molar-refractivity contribution in [3.8, 4) is 0 Å². The van der Waals surface area contributed by atoms with Crippen molar-refractivity contribution in [2.24, 2.45) is 7.05 Å². The maximum Gasteiger partial charge on any atom is 0.417 e. The summed E-state index contributed by atoms with van der Waals surface area (Å²) < 4.78 is 40.6. The van der Waals surface area contributed by atoms with E-state index in [1.54, 1.807) is 17.9 Å². The molecule has 0 atom stereocenters. The summed E-state index contributed by atoms with van der Waals surface area (Å²) in [6.07, 6.45) is -2.92. The molecule has 0 saturated heterocycles. The number of aryl methyl sites for hydroxylation is 1. The molecule has 23 heavy (non-hydrogen) atoms. The highest BCUT2D eigenvalue weighted by atomic mass is 79.9. The Morgan fingerprint density at radius 2 is 2.13 bits per heavy atom. The minimum absolute atomic E-state index is 0.0493. The van der Waals surface area contributed by atoms with E-state index in [1.807, 2.05) is 0 Å². The Morgan fingerprint density at radius 1 is 1.43 bits per heavy atom. The first-order valence-corrected chi connectivity index (χ1v) is 7.65. The first kappa shape index (κ1) is 17.8. The van der Waals surface area contributed by atoms with Crippen molar-refractivity contribution in [3.63, 3.8) is 0 Å². The molecular formula is C14H12BrClF3N3O. The Hall–Kier alpha value is -1.54. The fraction of sp³-hybridized carbons (Fsp3) is 0.286. The average molecular weight is 411 g/mol. The van der Waals surface area contributed by atoms with Gasteiger partial charge >= 0.3 is 6.18 Å². The predicted octanol–water partition coefficient (Wildman–Crippen LogP) is 3.71. The SMILES string of the molecule is Cn1ncc(Br)c1CC(=O)NCc1cccc(C(F)(F)F)c1Cl. The van der Waals surface area contributed by atoms with Crippen molar-refractivity contribution < 1.29 is 18.0 Å². The van der Waals surface area contributed by atoms with Crippen LogP contribution in [0.5, 0.6) is 0 Å². The minimum Gasteiger partial charge on any atom is -0.352 e. The van der Waals surface area contributed by atoms with Gasteiger partial charge in [-0.3, -0.25) is 9.48 Å². The van der Waals surface area contributed by atoms with Crippen LogP contribution in [0.15, 0.2) is 28.9 Å². The minimum atomic E-state index is -4.53. The van der Waals surface area contributed by atoms with Gasteiger partial charge in [0.15, 0.2) is 0 Å². The molecule has 2 rings (SSSR count). The summed E-state index contributed by atoms with van der Waals surface area (Å²) in [5.74, 6) is -0.345. The smallest absolute Gasteiger partial charge is 0.352 e. The molecule has 0 bridgehead atoms. The number of benzene rings is 1. The maximum absolute atomic E-state index is 12.8. The molecule has 1 aromatic heterocycles. The van der Waals surface area contributed by atoms with Gasteiger partial charge in [0.2, 0.25) is 5.91 Å². The molecule has 4 nitrogen and oxygen atoms in total. The van der Waals surface area contributed by atoms with Crippen LogP contribution < -0.4 is 5.32 Å². The van der Waals surface area contributed by atoms with E-state index in [9.17, 15) is 18.0 Å². The molecule has 0 radical (unpaired) electrons. The maximum atomic E-state index is 12.8. The van der Waals surface area contributed by atoms with Crippen LogP contribution in [0.3, 0.4) is 0 Å². The lowest BCUT2D eigenvalue weighted by Gasteiger charge is -2.13. The molecule has 0 aliphatic heterocycles. The summed E-state index contributed by atoms with van der Waals surface area (Å²) in [5, 5.41) is 6.14. The number of alkyl halides is 3. The fourth-order valence-electron chi connectivity index (χ4n) is 1.98. The number of nitrogens with zero attached hydrogens (tertiary/aromatic N) is 2. The van der Waals surface area contributed by atoms with Gasteiger partial charge in [-0.2, -0.15) is 18.3 Å². The van der Waals surface area contributed by atoms with Crippen molar-refractivity contribution in [2.45, 2.75) is 19.1 Å². The number of aromatic nitrogens is 2. The highest BCUT2D eigenvalue weighted by Gasteiger charge is 2.33. The molecule has 0 spiro atoms. The van der Waals surface area contributed by atoms with E-state index in [0.717, 1.165) is 6.07 Å². The molecule has 0 aliphatic carbocycles. The Labute approximate surface area is 143 Å². The normalized spacial score (nSPS) is 11.6. The second-order valence-electron chi connectivity index (χ2n) is 4.79. The van der Waals surface area contributed by atoms with Gasteiger partial charge in [-0.25, -0.2) is 0 Å². The van der Waals surface area contributed by atoms with Gasteiger partial charge in [0.1, 0.15) is 0 Å². The zero-order chi connectivity index (χ0) is 17.2. The highest BCUT2D eigenvalue weighted by Crippen LogP contribution is 2.36. The number of halogens is 5. The number of carbonyl (C=O) groups excluding carboxylic acids is 1. The van der Waals surface area contributed by atoms with Crippen LogP contribution in [-0.4, -0.2) is 15.7 Å². The Kier molecular flexibility index (Phi) is 5.36. The lowest BCUT2D eigenvalue weighted by atomic mass is 10.1. The molecular weight excluding hydrogens is 399 g/mol. The highest BCUT2D eigenvalue weighted by molar-refractivity contribution is 9.10. The van der Waals surface area contributed by atoms with E-state index >= 15 is 0 Å². The van der Waals surface area contributed by atoms with Crippen LogP contribution in [0.2, 0.25) is 5.02 Å².